The van der Waals surface area contributed by atoms with Gasteiger partial charge in [-0.3, -0.25) is 29.0 Å². The Balaban J connectivity index is 1.97. The molecule has 0 saturated carbocycles. The molecule has 0 spiro atoms. The van der Waals surface area contributed by atoms with Gasteiger partial charge in [0.05, 0.1) is 6.61 Å². The summed E-state index contributed by atoms with van der Waals surface area (Å²) >= 11 is 0. The SMILES string of the molecule is CC(C)C1NC(=O)C(NC(=O)NC(CCCN=C(N)N)C(=O)O)CCCCNC(=O)C(Cc2ccccc2)NC(=O)C(CO)N(C)C(=O)C(CCc2ccc(O)cc2)NC1=O. The minimum Gasteiger partial charge on any atom is -0.508 e. The summed E-state index contributed by atoms with van der Waals surface area (Å²) in [7, 11) is 1.29. The van der Waals surface area contributed by atoms with E-state index >= 15 is 0 Å². The van der Waals surface area contributed by atoms with Crippen molar-refractivity contribution in [2.24, 2.45) is 22.4 Å². The topological polar surface area (TPSA) is 320 Å². The highest BCUT2D eigenvalue weighted by atomic mass is 16.4. The van der Waals surface area contributed by atoms with Crippen molar-refractivity contribution in [3.63, 3.8) is 0 Å². The van der Waals surface area contributed by atoms with E-state index in [-0.39, 0.29) is 69.7 Å². The number of phenols is 1. The van der Waals surface area contributed by atoms with Crippen LogP contribution in [0.4, 0.5) is 4.79 Å². The predicted molar refractivity (Wildman–Crippen MR) is 224 cm³/mol. The second kappa shape index (κ2) is 24.6. The lowest BCUT2D eigenvalue weighted by Crippen LogP contribution is -2.61. The zero-order chi connectivity index (χ0) is 45.1. The fraction of sp³-hybridized carbons (Fsp3) is 0.512. The van der Waals surface area contributed by atoms with E-state index in [1.165, 1.54) is 19.2 Å². The van der Waals surface area contributed by atoms with Crippen molar-refractivity contribution in [1.29, 1.82) is 0 Å². The number of nitrogens with zero attached hydrogens (tertiary/aromatic N) is 2. The molecule has 1 aliphatic rings. The number of rotatable bonds is 14. The number of likely N-dealkylation sites (N-methyl/N-ethyl adjacent to an activating group) is 1. The Hall–Kier alpha value is -6.44. The van der Waals surface area contributed by atoms with Gasteiger partial charge in [0.25, 0.3) is 0 Å². The third-order valence-electron chi connectivity index (χ3n) is 10.1. The van der Waals surface area contributed by atoms with E-state index in [1.54, 1.807) is 56.3 Å². The Morgan fingerprint density at radius 1 is 0.885 bits per heavy atom. The second-order valence-electron chi connectivity index (χ2n) is 15.2. The number of benzene rings is 2. The van der Waals surface area contributed by atoms with Gasteiger partial charge in [0.1, 0.15) is 42.0 Å². The lowest BCUT2D eigenvalue weighted by Gasteiger charge is -2.32. The lowest BCUT2D eigenvalue weighted by molar-refractivity contribution is -0.144. The van der Waals surface area contributed by atoms with E-state index in [4.69, 9.17) is 11.5 Å². The van der Waals surface area contributed by atoms with Gasteiger partial charge < -0.3 is 63.6 Å². The number of aliphatic hydroxyl groups is 1. The molecule has 2 aromatic carbocycles. The number of urea groups is 1. The molecule has 0 aromatic heterocycles. The number of carbonyl (C=O) groups excluding carboxylic acids is 6. The van der Waals surface area contributed by atoms with Crippen LogP contribution in [0.25, 0.3) is 0 Å². The molecule has 13 N–H and O–H groups in total. The number of phenolic OH excluding ortho intramolecular Hbond substituents is 1. The number of aliphatic hydroxyl groups excluding tert-OH is 1. The first kappa shape index (κ1) is 48.9. The van der Waals surface area contributed by atoms with Crippen LogP contribution in [-0.4, -0.2) is 131 Å². The Morgan fingerprint density at radius 3 is 2.18 bits per heavy atom. The van der Waals surface area contributed by atoms with E-state index in [9.17, 15) is 48.9 Å². The van der Waals surface area contributed by atoms with Gasteiger partial charge in [0.15, 0.2) is 5.96 Å². The van der Waals surface area contributed by atoms with Crippen molar-refractivity contribution >= 4 is 47.5 Å². The number of carbonyl (C=O) groups is 7. The van der Waals surface area contributed by atoms with Crippen molar-refractivity contribution in [2.45, 2.75) is 101 Å². The Bertz CT molecular complexity index is 1820. The van der Waals surface area contributed by atoms with E-state index in [2.05, 4.69) is 36.9 Å². The highest BCUT2D eigenvalue weighted by molar-refractivity contribution is 5.96. The smallest absolute Gasteiger partial charge is 0.326 e. The monoisotopic (exact) mass is 852 g/mol. The summed E-state index contributed by atoms with van der Waals surface area (Å²) in [6.45, 7) is 2.73. The van der Waals surface area contributed by atoms with Gasteiger partial charge in [-0.15, -0.1) is 0 Å². The minimum absolute atomic E-state index is 0.00168. The predicted octanol–water partition coefficient (Wildman–Crippen LogP) is -1.03. The highest BCUT2D eigenvalue weighted by Gasteiger charge is 2.36. The third kappa shape index (κ3) is 16.3. The molecule has 0 aliphatic carbocycles. The molecule has 2 aromatic rings. The maximum Gasteiger partial charge on any atom is 0.326 e. The number of carboxylic acid groups (broad SMARTS) is 1. The molecule has 3 rings (SSSR count). The van der Waals surface area contributed by atoms with E-state index in [1.807, 2.05) is 0 Å². The first-order valence-electron chi connectivity index (χ1n) is 20.2. The van der Waals surface area contributed by atoms with Gasteiger partial charge in [-0.2, -0.15) is 0 Å². The molecular weight excluding hydrogens is 793 g/mol. The number of aliphatic imine (C=N–C) groups is 1. The van der Waals surface area contributed by atoms with Crippen LogP contribution >= 0.6 is 0 Å². The number of hydrogen-bond donors (Lipinski definition) is 11. The van der Waals surface area contributed by atoms with Crippen molar-refractivity contribution in [1.82, 2.24) is 36.8 Å². The second-order valence-corrected chi connectivity index (χ2v) is 15.2. The van der Waals surface area contributed by atoms with E-state index < -0.39 is 90.3 Å². The van der Waals surface area contributed by atoms with Crippen LogP contribution < -0.4 is 43.4 Å². The lowest BCUT2D eigenvalue weighted by atomic mass is 9.99. The molecule has 7 amide bonds. The molecule has 1 aliphatic heterocycles. The molecule has 6 unspecified atom stereocenters. The van der Waals surface area contributed by atoms with Crippen molar-refractivity contribution in [2.75, 3.05) is 26.7 Å². The maximum absolute atomic E-state index is 14.2. The molecule has 6 atom stereocenters. The molecule has 20 nitrogen and oxygen atoms in total. The molecule has 20 heteroatoms. The fourth-order valence-corrected chi connectivity index (χ4v) is 6.59. The number of hydrogen-bond acceptors (Lipinski definition) is 10. The van der Waals surface area contributed by atoms with Gasteiger partial charge in [-0.05, 0) is 74.1 Å². The van der Waals surface area contributed by atoms with Crippen LogP contribution in [-0.2, 0) is 41.6 Å². The number of aliphatic carboxylic acids is 1. The fourth-order valence-electron chi connectivity index (χ4n) is 6.59. The van der Waals surface area contributed by atoms with E-state index in [0.29, 0.717) is 12.0 Å². The first-order chi connectivity index (χ1) is 29.0. The van der Waals surface area contributed by atoms with Crippen LogP contribution in [0.1, 0.15) is 63.5 Å². The number of aromatic hydroxyl groups is 1. The number of guanidine groups is 1. The Kier molecular flexibility index (Phi) is 19.7. The third-order valence-corrected chi connectivity index (χ3v) is 10.1. The number of aryl methyl sites for hydroxylation is 1. The van der Waals surface area contributed by atoms with Gasteiger partial charge in [-0.1, -0.05) is 56.3 Å². The van der Waals surface area contributed by atoms with Crippen LogP contribution in [0.3, 0.4) is 0 Å². The molecule has 334 valence electrons. The maximum atomic E-state index is 14.2. The van der Waals surface area contributed by atoms with Crippen molar-refractivity contribution < 1.29 is 48.9 Å². The number of amides is 7. The Morgan fingerprint density at radius 2 is 1.56 bits per heavy atom. The van der Waals surface area contributed by atoms with Gasteiger partial charge >= 0.3 is 12.0 Å². The number of nitrogens with two attached hydrogens (primary N) is 2. The Labute approximate surface area is 354 Å². The highest BCUT2D eigenvalue weighted by Crippen LogP contribution is 2.15. The average molecular weight is 853 g/mol. The zero-order valence-electron chi connectivity index (χ0n) is 34.8. The summed E-state index contributed by atoms with van der Waals surface area (Å²) in [5.74, 6) is -5.66. The quantitative estimate of drug-likeness (QED) is 0.0618. The largest absolute Gasteiger partial charge is 0.508 e. The zero-order valence-corrected chi connectivity index (χ0v) is 34.8. The average Bonchev–Trinajstić information content (AvgIpc) is 3.21. The molecule has 1 saturated heterocycles. The van der Waals surface area contributed by atoms with Crippen molar-refractivity contribution in [3.05, 3.63) is 65.7 Å². The first-order valence-corrected chi connectivity index (χ1v) is 20.2. The van der Waals surface area contributed by atoms with Crippen LogP contribution in [0.2, 0.25) is 0 Å². The molecule has 61 heavy (non-hydrogen) atoms. The van der Waals surface area contributed by atoms with Gasteiger partial charge in [0, 0.05) is 26.6 Å². The molecule has 0 radical (unpaired) electrons. The van der Waals surface area contributed by atoms with Gasteiger partial charge in [-0.25, -0.2) is 9.59 Å². The summed E-state index contributed by atoms with van der Waals surface area (Å²) < 4.78 is 0. The summed E-state index contributed by atoms with van der Waals surface area (Å²) in [6.07, 6.45) is 1.07. The van der Waals surface area contributed by atoms with Crippen LogP contribution in [0.15, 0.2) is 59.6 Å². The summed E-state index contributed by atoms with van der Waals surface area (Å²) in [4.78, 5) is 99.5. The van der Waals surface area contributed by atoms with Gasteiger partial charge in [0.2, 0.25) is 29.5 Å². The number of nitrogens with one attached hydrogen (secondary N) is 6. The normalized spacial score (nSPS) is 21.6. The molecule has 1 fully saturated rings. The van der Waals surface area contributed by atoms with Crippen molar-refractivity contribution in [3.8, 4) is 5.75 Å². The minimum atomic E-state index is -1.47. The summed E-state index contributed by atoms with van der Waals surface area (Å²) in [5.41, 5.74) is 12.1. The number of carboxylic acids is 1. The summed E-state index contributed by atoms with van der Waals surface area (Å²) in [6, 6.07) is 6.38. The molecule has 0 bridgehead atoms. The summed E-state index contributed by atoms with van der Waals surface area (Å²) in [5, 5.41) is 45.7. The standard InChI is InChI=1S/C41H60N10O10/c1-24(2)33-37(57)46-29(19-16-25-14-17-27(53)18-15-25)38(58)51(3)32(23-52)36(56)47-31(22-26-10-5-4-6-11-26)34(54)44-20-8-7-12-28(35(55)50-33)48-41(61)49-30(39(59)60)13-9-21-45-40(42)43/h4-6,10-11,14-15,17-18,24,28-33,52-53H,7-9,12-13,16,19-23H2,1-3H3,(H,44,54)(H,46,57)(H,47,56)(H,50,55)(H,59,60)(H4,42,43,45)(H2,48,49,61). The van der Waals surface area contributed by atoms with Crippen LogP contribution in [0, 0.1) is 5.92 Å². The molecular formula is C41H60N10O10. The van der Waals surface area contributed by atoms with E-state index in [0.717, 1.165) is 10.5 Å². The van der Waals surface area contributed by atoms with Crippen LogP contribution in [0.5, 0.6) is 5.75 Å². The molecule has 1 heterocycles.